The predicted molar refractivity (Wildman–Crippen MR) is 48.1 cm³/mol. The van der Waals surface area contributed by atoms with Crippen molar-refractivity contribution in [1.29, 1.82) is 0 Å². The molecule has 1 heterocycles. The molecule has 1 aliphatic heterocycles. The molecule has 1 fully saturated rings. The van der Waals surface area contributed by atoms with E-state index in [2.05, 4.69) is 24.6 Å². The van der Waals surface area contributed by atoms with Crippen LogP contribution >= 0.6 is 0 Å². The topological polar surface area (TPSA) is 3.24 Å². The molecular formula is C6H17NSi2. The Bertz CT molecular complexity index is 95.1. The summed E-state index contributed by atoms with van der Waals surface area (Å²) in [5.41, 5.74) is 0. The quantitative estimate of drug-likeness (QED) is 0.506. The summed E-state index contributed by atoms with van der Waals surface area (Å²) < 4.78 is 2.85. The molecule has 0 N–H and O–H groups in total. The Hall–Kier alpha value is 0.394. The molecule has 1 rings (SSSR count). The number of hydrogen-bond acceptors (Lipinski definition) is 1. The third kappa shape index (κ3) is 1.66. The smallest absolute Gasteiger partial charge is 0.101 e. The maximum Gasteiger partial charge on any atom is 0.101 e. The summed E-state index contributed by atoms with van der Waals surface area (Å²) in [4.78, 5) is 0. The van der Waals surface area contributed by atoms with Crippen molar-refractivity contribution in [2.75, 3.05) is 0 Å². The standard InChI is InChI=1S/C6H17NSi2/c1-6(2)7-8-4-5-9(7)3/h6,9H,4-5,8H2,1-3H3. The van der Waals surface area contributed by atoms with E-state index < -0.39 is 0 Å². The minimum absolute atomic E-state index is 0.257. The van der Waals surface area contributed by atoms with Crippen molar-refractivity contribution in [1.82, 2.24) is 4.23 Å². The summed E-state index contributed by atoms with van der Waals surface area (Å²) in [6.45, 7) is 7.20. The van der Waals surface area contributed by atoms with Gasteiger partial charge in [-0.25, -0.2) is 0 Å². The Morgan fingerprint density at radius 1 is 1.56 bits per heavy atom. The molecule has 9 heavy (non-hydrogen) atoms. The molecule has 0 aromatic rings. The molecule has 0 spiro atoms. The average Bonchev–Trinajstić information content (AvgIpc) is 2.13. The van der Waals surface area contributed by atoms with E-state index in [-0.39, 0.29) is 18.6 Å². The first-order valence-electron chi connectivity index (χ1n) is 3.97. The van der Waals surface area contributed by atoms with Gasteiger partial charge in [0, 0.05) is 0 Å². The van der Waals surface area contributed by atoms with Gasteiger partial charge in [0.15, 0.2) is 0 Å². The van der Waals surface area contributed by atoms with Crippen LogP contribution in [0.25, 0.3) is 0 Å². The van der Waals surface area contributed by atoms with Crippen molar-refractivity contribution >= 4 is 18.6 Å². The second-order valence-electron chi connectivity index (χ2n) is 3.32. The van der Waals surface area contributed by atoms with Gasteiger partial charge >= 0.3 is 0 Å². The Morgan fingerprint density at radius 3 is 2.44 bits per heavy atom. The zero-order valence-electron chi connectivity index (χ0n) is 6.72. The molecular weight excluding hydrogens is 142 g/mol. The van der Waals surface area contributed by atoms with Gasteiger partial charge in [-0.15, -0.1) is 0 Å². The van der Waals surface area contributed by atoms with Crippen LogP contribution in [0.4, 0.5) is 0 Å². The van der Waals surface area contributed by atoms with E-state index in [1.807, 2.05) is 0 Å². The van der Waals surface area contributed by atoms with Crippen LogP contribution in [-0.4, -0.2) is 28.9 Å². The molecule has 0 amide bonds. The molecule has 1 atom stereocenters. The molecule has 0 saturated carbocycles. The van der Waals surface area contributed by atoms with Crippen molar-refractivity contribution < 1.29 is 0 Å². The zero-order valence-corrected chi connectivity index (χ0v) is 9.29. The first-order chi connectivity index (χ1) is 4.22. The average molecular weight is 159 g/mol. The molecule has 0 aromatic carbocycles. The van der Waals surface area contributed by atoms with Crippen LogP contribution in [0.3, 0.4) is 0 Å². The Balaban J connectivity index is 2.40. The molecule has 1 nitrogen and oxygen atoms in total. The highest BCUT2D eigenvalue weighted by atomic mass is 28.3. The van der Waals surface area contributed by atoms with Crippen molar-refractivity contribution in [2.24, 2.45) is 0 Å². The lowest BCUT2D eigenvalue weighted by atomic mass is 10.4. The Labute approximate surface area is 62.0 Å². The number of hydrogen-bond donors (Lipinski definition) is 0. The lowest BCUT2D eigenvalue weighted by Crippen LogP contribution is -2.38. The maximum absolute atomic E-state index is 2.85. The lowest BCUT2D eigenvalue weighted by molar-refractivity contribution is 0.548. The summed E-state index contributed by atoms with van der Waals surface area (Å²) in [7, 11) is -0.0698. The van der Waals surface area contributed by atoms with E-state index in [9.17, 15) is 0 Å². The molecule has 0 radical (unpaired) electrons. The fourth-order valence-corrected chi connectivity index (χ4v) is 9.91. The fourth-order valence-electron chi connectivity index (χ4n) is 1.72. The van der Waals surface area contributed by atoms with Crippen LogP contribution in [0.1, 0.15) is 13.8 Å². The van der Waals surface area contributed by atoms with Gasteiger partial charge < -0.3 is 4.23 Å². The highest BCUT2D eigenvalue weighted by Gasteiger charge is 2.23. The van der Waals surface area contributed by atoms with Crippen LogP contribution in [0, 0.1) is 0 Å². The van der Waals surface area contributed by atoms with Crippen molar-refractivity contribution in [3.63, 3.8) is 0 Å². The number of rotatable bonds is 1. The van der Waals surface area contributed by atoms with Crippen LogP contribution in [0.5, 0.6) is 0 Å². The largest absolute Gasteiger partial charge is 0.350 e. The first kappa shape index (κ1) is 7.50. The summed E-state index contributed by atoms with van der Waals surface area (Å²) in [5.74, 6) is 0. The molecule has 0 aliphatic carbocycles. The predicted octanol–water partition coefficient (Wildman–Crippen LogP) is 0.566. The van der Waals surface area contributed by atoms with Gasteiger partial charge in [-0.05, 0) is 12.1 Å². The normalized spacial score (nSPS) is 32.7. The van der Waals surface area contributed by atoms with Gasteiger partial charge in [0.05, 0.1) is 9.68 Å². The third-order valence-corrected chi connectivity index (χ3v) is 10.7. The second kappa shape index (κ2) is 2.99. The summed E-state index contributed by atoms with van der Waals surface area (Å²) in [6, 6.07) is 4.08. The van der Waals surface area contributed by atoms with Crippen molar-refractivity contribution in [2.45, 2.75) is 38.5 Å². The molecule has 1 saturated heterocycles. The molecule has 54 valence electrons. The highest BCUT2D eigenvalue weighted by Crippen LogP contribution is 2.15. The van der Waals surface area contributed by atoms with E-state index >= 15 is 0 Å². The van der Waals surface area contributed by atoms with Gasteiger partial charge in [0.25, 0.3) is 0 Å². The molecule has 0 bridgehead atoms. The van der Waals surface area contributed by atoms with E-state index in [1.165, 1.54) is 0 Å². The Morgan fingerprint density at radius 2 is 2.22 bits per heavy atom. The van der Waals surface area contributed by atoms with E-state index in [4.69, 9.17) is 0 Å². The molecule has 1 unspecified atom stereocenters. The summed E-state index contributed by atoms with van der Waals surface area (Å²) in [5, 5.41) is 0. The highest BCUT2D eigenvalue weighted by molar-refractivity contribution is 6.68. The number of nitrogens with zero attached hydrogens (tertiary/aromatic N) is 1. The minimum atomic E-state index is -0.327. The van der Waals surface area contributed by atoms with E-state index in [0.717, 1.165) is 6.04 Å². The van der Waals surface area contributed by atoms with Gasteiger partial charge in [0.2, 0.25) is 0 Å². The zero-order chi connectivity index (χ0) is 6.85. The minimum Gasteiger partial charge on any atom is -0.350 e. The molecule has 0 aromatic heterocycles. The van der Waals surface area contributed by atoms with E-state index in [0.29, 0.717) is 0 Å². The van der Waals surface area contributed by atoms with Crippen molar-refractivity contribution in [3.8, 4) is 0 Å². The fraction of sp³-hybridized carbons (Fsp3) is 1.00. The Kier molecular flexibility index (Phi) is 2.49. The summed E-state index contributed by atoms with van der Waals surface area (Å²) >= 11 is 0. The lowest BCUT2D eigenvalue weighted by Gasteiger charge is -2.24. The van der Waals surface area contributed by atoms with Gasteiger partial charge in [-0.2, -0.15) is 0 Å². The first-order valence-corrected chi connectivity index (χ1v) is 8.09. The molecule has 1 aliphatic rings. The van der Waals surface area contributed by atoms with Crippen LogP contribution in [0.2, 0.25) is 18.6 Å². The maximum atomic E-state index is 2.85. The van der Waals surface area contributed by atoms with E-state index in [1.54, 1.807) is 12.1 Å². The SMILES string of the molecule is CC(C)N1[SiH2]CC[SiH]1C. The van der Waals surface area contributed by atoms with Crippen LogP contribution < -0.4 is 0 Å². The third-order valence-electron chi connectivity index (χ3n) is 2.27. The van der Waals surface area contributed by atoms with Crippen molar-refractivity contribution in [3.05, 3.63) is 0 Å². The van der Waals surface area contributed by atoms with Crippen LogP contribution in [0.15, 0.2) is 0 Å². The summed E-state index contributed by atoms with van der Waals surface area (Å²) in [6.07, 6.45) is 0. The van der Waals surface area contributed by atoms with Gasteiger partial charge in [-0.1, -0.05) is 26.4 Å². The second-order valence-corrected chi connectivity index (χ2v) is 8.88. The van der Waals surface area contributed by atoms with Crippen LogP contribution in [-0.2, 0) is 0 Å². The molecule has 3 heteroatoms. The monoisotopic (exact) mass is 159 g/mol. The van der Waals surface area contributed by atoms with Gasteiger partial charge in [-0.3, -0.25) is 0 Å². The van der Waals surface area contributed by atoms with Gasteiger partial charge in [0.1, 0.15) is 8.96 Å².